The van der Waals surface area contributed by atoms with Crippen LogP contribution in [-0.2, 0) is 9.47 Å². The second kappa shape index (κ2) is 7.58. The van der Waals surface area contributed by atoms with Crippen LogP contribution in [0.2, 0.25) is 0 Å². The molecule has 1 aliphatic carbocycles. The molecule has 1 saturated carbocycles. The van der Waals surface area contributed by atoms with E-state index in [0.29, 0.717) is 19.1 Å². The number of aliphatic hydroxyl groups is 1. The van der Waals surface area contributed by atoms with Gasteiger partial charge in [-0.1, -0.05) is 12.8 Å². The summed E-state index contributed by atoms with van der Waals surface area (Å²) in [4.78, 5) is 2.50. The summed E-state index contributed by atoms with van der Waals surface area (Å²) in [6.07, 6.45) is 6.77. The van der Waals surface area contributed by atoms with E-state index in [-0.39, 0.29) is 5.60 Å². The van der Waals surface area contributed by atoms with Crippen molar-refractivity contribution in [3.8, 4) is 0 Å². The van der Waals surface area contributed by atoms with Crippen LogP contribution in [-0.4, -0.2) is 62.2 Å². The predicted molar refractivity (Wildman–Crippen MR) is 75.3 cm³/mol. The van der Waals surface area contributed by atoms with Gasteiger partial charge in [0.1, 0.15) is 0 Å². The summed E-state index contributed by atoms with van der Waals surface area (Å²) in [6, 6.07) is 0. The van der Waals surface area contributed by atoms with Crippen LogP contribution in [0.4, 0.5) is 0 Å². The third-order valence-electron chi connectivity index (χ3n) is 4.71. The molecule has 0 aromatic carbocycles. The van der Waals surface area contributed by atoms with Crippen molar-refractivity contribution in [1.82, 2.24) is 4.90 Å². The fourth-order valence-corrected chi connectivity index (χ4v) is 3.48. The third kappa shape index (κ3) is 4.42. The molecule has 2 atom stereocenters. The molecule has 19 heavy (non-hydrogen) atoms. The summed E-state index contributed by atoms with van der Waals surface area (Å²) in [7, 11) is 1.70. The minimum Gasteiger partial charge on any atom is -0.390 e. The zero-order valence-electron chi connectivity index (χ0n) is 12.3. The molecule has 0 bridgehead atoms. The first kappa shape index (κ1) is 15.2. The van der Waals surface area contributed by atoms with Crippen molar-refractivity contribution in [2.45, 2.75) is 44.1 Å². The van der Waals surface area contributed by atoms with E-state index < -0.39 is 0 Å². The summed E-state index contributed by atoms with van der Waals surface area (Å²) in [5.41, 5.74) is -0.344. The van der Waals surface area contributed by atoms with E-state index in [0.717, 1.165) is 45.5 Å². The van der Waals surface area contributed by atoms with Crippen molar-refractivity contribution in [2.75, 3.05) is 46.6 Å². The van der Waals surface area contributed by atoms with E-state index in [9.17, 15) is 5.11 Å². The summed E-state index contributed by atoms with van der Waals surface area (Å²) >= 11 is 0. The molecule has 0 spiro atoms. The van der Waals surface area contributed by atoms with E-state index in [1.807, 2.05) is 0 Å². The van der Waals surface area contributed by atoms with Crippen LogP contribution in [0.25, 0.3) is 0 Å². The fraction of sp³-hybridized carbons (Fsp3) is 1.00. The van der Waals surface area contributed by atoms with Crippen LogP contribution in [0, 0.1) is 5.92 Å². The molecule has 0 amide bonds. The molecule has 0 radical (unpaired) electrons. The van der Waals surface area contributed by atoms with Crippen LogP contribution in [0.5, 0.6) is 0 Å². The first-order valence-corrected chi connectivity index (χ1v) is 7.76. The second-order valence-corrected chi connectivity index (χ2v) is 6.06. The lowest BCUT2D eigenvalue weighted by atomic mass is 9.71. The number of piperidine rings is 1. The summed E-state index contributed by atoms with van der Waals surface area (Å²) in [5, 5.41) is 10.6. The predicted octanol–water partition coefficient (Wildman–Crippen LogP) is 1.67. The molecule has 2 aliphatic rings. The van der Waals surface area contributed by atoms with Gasteiger partial charge in [-0.15, -0.1) is 0 Å². The van der Waals surface area contributed by atoms with Gasteiger partial charge in [-0.3, -0.25) is 0 Å². The van der Waals surface area contributed by atoms with Crippen molar-refractivity contribution in [3.63, 3.8) is 0 Å². The van der Waals surface area contributed by atoms with E-state index in [1.54, 1.807) is 7.11 Å². The number of hydrogen-bond acceptors (Lipinski definition) is 4. The van der Waals surface area contributed by atoms with Gasteiger partial charge in [0.05, 0.1) is 18.8 Å². The maximum Gasteiger partial charge on any atom is 0.0700 e. The molecule has 0 aromatic rings. The lowest BCUT2D eigenvalue weighted by Gasteiger charge is -2.47. The monoisotopic (exact) mass is 271 g/mol. The Bertz CT molecular complexity index is 262. The molecular weight excluding hydrogens is 242 g/mol. The van der Waals surface area contributed by atoms with Gasteiger partial charge in [-0.2, -0.15) is 0 Å². The molecule has 1 N–H and O–H groups in total. The Morgan fingerprint density at radius 2 is 2.11 bits per heavy atom. The Balaban J connectivity index is 1.61. The van der Waals surface area contributed by atoms with Gasteiger partial charge in [-0.25, -0.2) is 0 Å². The van der Waals surface area contributed by atoms with Crippen LogP contribution >= 0.6 is 0 Å². The largest absolute Gasteiger partial charge is 0.390 e. The zero-order valence-corrected chi connectivity index (χ0v) is 12.3. The Labute approximate surface area is 117 Å². The number of methoxy groups -OCH3 is 1. The number of nitrogens with zero attached hydrogens (tertiary/aromatic N) is 1. The molecule has 1 saturated heterocycles. The Morgan fingerprint density at radius 1 is 1.21 bits per heavy atom. The van der Waals surface area contributed by atoms with Gasteiger partial charge in [0.15, 0.2) is 0 Å². The molecule has 4 nitrogen and oxygen atoms in total. The van der Waals surface area contributed by atoms with Gasteiger partial charge in [0.25, 0.3) is 0 Å². The molecule has 2 fully saturated rings. The normalized spacial score (nSPS) is 32.2. The fourth-order valence-electron chi connectivity index (χ4n) is 3.48. The van der Waals surface area contributed by atoms with Crippen molar-refractivity contribution < 1.29 is 14.6 Å². The molecule has 4 heteroatoms. The van der Waals surface area contributed by atoms with Gasteiger partial charge < -0.3 is 19.5 Å². The summed E-state index contributed by atoms with van der Waals surface area (Å²) < 4.78 is 10.4. The Kier molecular flexibility index (Phi) is 6.07. The van der Waals surface area contributed by atoms with Crippen LogP contribution in [0.3, 0.4) is 0 Å². The topological polar surface area (TPSA) is 41.9 Å². The van der Waals surface area contributed by atoms with Crippen molar-refractivity contribution in [3.05, 3.63) is 0 Å². The highest BCUT2D eigenvalue weighted by molar-refractivity contribution is 4.95. The second-order valence-electron chi connectivity index (χ2n) is 6.06. The zero-order chi connectivity index (χ0) is 13.6. The Morgan fingerprint density at radius 3 is 2.95 bits per heavy atom. The standard InChI is InChI=1S/C15H29NO3/c1-18-11-12-19-10-4-8-16-9-7-15(17)6-3-2-5-14(15)13-16/h14,17H,2-13H2,1H3. The Hall–Kier alpha value is -0.160. The average molecular weight is 271 g/mol. The lowest BCUT2D eigenvalue weighted by Crippen LogP contribution is -2.53. The highest BCUT2D eigenvalue weighted by atomic mass is 16.5. The first-order chi connectivity index (χ1) is 9.24. The van der Waals surface area contributed by atoms with Gasteiger partial charge >= 0.3 is 0 Å². The smallest absolute Gasteiger partial charge is 0.0700 e. The maximum absolute atomic E-state index is 10.6. The van der Waals surface area contributed by atoms with Crippen LogP contribution < -0.4 is 0 Å². The summed E-state index contributed by atoms with van der Waals surface area (Å²) in [5.74, 6) is 0.504. The number of fused-ring (bicyclic) bond motifs is 1. The minimum absolute atomic E-state index is 0.344. The molecular formula is C15H29NO3. The molecule has 1 aliphatic heterocycles. The molecule has 2 rings (SSSR count). The number of hydrogen-bond donors (Lipinski definition) is 1. The summed E-state index contributed by atoms with van der Waals surface area (Å²) in [6.45, 7) is 5.41. The van der Waals surface area contributed by atoms with E-state index in [2.05, 4.69) is 4.90 Å². The van der Waals surface area contributed by atoms with E-state index in [4.69, 9.17) is 9.47 Å². The van der Waals surface area contributed by atoms with E-state index in [1.165, 1.54) is 19.3 Å². The minimum atomic E-state index is -0.344. The van der Waals surface area contributed by atoms with Crippen molar-refractivity contribution in [2.24, 2.45) is 5.92 Å². The van der Waals surface area contributed by atoms with E-state index >= 15 is 0 Å². The highest BCUT2D eigenvalue weighted by Crippen LogP contribution is 2.39. The molecule has 2 unspecified atom stereocenters. The maximum atomic E-state index is 10.6. The van der Waals surface area contributed by atoms with Gasteiger partial charge in [0, 0.05) is 39.3 Å². The molecule has 0 aromatic heterocycles. The number of ether oxygens (including phenoxy) is 2. The lowest BCUT2D eigenvalue weighted by molar-refractivity contribution is -0.0959. The average Bonchev–Trinajstić information content (AvgIpc) is 2.42. The first-order valence-electron chi connectivity index (χ1n) is 7.76. The van der Waals surface area contributed by atoms with Gasteiger partial charge in [0.2, 0.25) is 0 Å². The van der Waals surface area contributed by atoms with Gasteiger partial charge in [-0.05, 0) is 25.7 Å². The number of likely N-dealkylation sites (tertiary alicyclic amines) is 1. The quantitative estimate of drug-likeness (QED) is 0.715. The van der Waals surface area contributed by atoms with Crippen molar-refractivity contribution in [1.29, 1.82) is 0 Å². The van der Waals surface area contributed by atoms with Crippen LogP contribution in [0.1, 0.15) is 38.5 Å². The number of rotatable bonds is 7. The highest BCUT2D eigenvalue weighted by Gasteiger charge is 2.42. The SMILES string of the molecule is COCCOCCCN1CCC2(O)CCCCC2C1. The van der Waals surface area contributed by atoms with Crippen LogP contribution in [0.15, 0.2) is 0 Å². The van der Waals surface area contributed by atoms with Crippen molar-refractivity contribution >= 4 is 0 Å². The molecule has 1 heterocycles. The third-order valence-corrected chi connectivity index (χ3v) is 4.71. The molecule has 112 valence electrons.